The number of esters is 1. The molecule has 5 nitrogen and oxygen atoms in total. The summed E-state index contributed by atoms with van der Waals surface area (Å²) in [5.41, 5.74) is -0.872. The zero-order chi connectivity index (χ0) is 14.2. The first kappa shape index (κ1) is 14.4. The number of nitrogens with zero attached hydrogens (tertiary/aromatic N) is 3. The van der Waals surface area contributed by atoms with Crippen LogP contribution in [0.25, 0.3) is 11.0 Å². The molecule has 0 aliphatic rings. The van der Waals surface area contributed by atoms with Gasteiger partial charge in [-0.2, -0.15) is 18.3 Å². The van der Waals surface area contributed by atoms with Crippen LogP contribution in [0.15, 0.2) is 12.3 Å². The van der Waals surface area contributed by atoms with Gasteiger partial charge in [-0.1, -0.05) is 0 Å². The molecule has 0 bridgehead atoms. The monoisotopic (exact) mass is 403 g/mol. The molecule has 0 radical (unpaired) electrons. The lowest BCUT2D eigenvalue weighted by Gasteiger charge is -2.05. The molecule has 0 N–H and O–H groups in total. The van der Waals surface area contributed by atoms with Gasteiger partial charge in [-0.25, -0.2) is 14.2 Å². The fraction of sp³-hybridized carbons (Fsp3) is 0.222. The minimum absolute atomic E-state index is 0.0332. The fourth-order valence-electron chi connectivity index (χ4n) is 1.46. The van der Waals surface area contributed by atoms with Crippen molar-refractivity contribution >= 4 is 45.4 Å². The predicted octanol–water partition coefficient (Wildman–Crippen LogP) is 3.03. The van der Waals surface area contributed by atoms with Crippen molar-refractivity contribution in [2.75, 3.05) is 7.11 Å². The van der Waals surface area contributed by atoms with Crippen LogP contribution < -0.4 is 0 Å². The van der Waals surface area contributed by atoms with Crippen molar-refractivity contribution < 1.29 is 22.7 Å². The van der Waals surface area contributed by atoms with E-state index in [1.165, 1.54) is 4.45 Å². The standard InChI is InChI=1S/C9H6F3IN3O2P/c1-18-8(17)6-5-2-4(9(10,11)12)3-14-7(5)16(15-6)19-13/h2-3,19H,1H3. The number of carbonyl (C=O) groups is 1. The highest BCUT2D eigenvalue weighted by Crippen LogP contribution is 2.34. The zero-order valence-corrected chi connectivity index (χ0v) is 12.5. The Kier molecular flexibility index (Phi) is 3.95. The number of aromatic nitrogens is 3. The molecule has 2 aromatic rings. The van der Waals surface area contributed by atoms with E-state index in [-0.39, 0.29) is 23.1 Å². The Hall–Kier alpha value is -0.960. The molecule has 10 heteroatoms. The van der Waals surface area contributed by atoms with E-state index in [0.717, 1.165) is 19.4 Å². The van der Waals surface area contributed by atoms with Crippen molar-refractivity contribution in [2.24, 2.45) is 0 Å². The number of fused-ring (bicyclic) bond motifs is 1. The lowest BCUT2D eigenvalue weighted by atomic mass is 10.2. The Morgan fingerprint density at radius 1 is 1.53 bits per heavy atom. The molecule has 2 heterocycles. The summed E-state index contributed by atoms with van der Waals surface area (Å²) in [7, 11) is 1.14. The Bertz CT molecular complexity index is 643. The molecular formula is C9H6F3IN3O2P. The van der Waals surface area contributed by atoms with E-state index < -0.39 is 17.7 Å². The Morgan fingerprint density at radius 2 is 2.21 bits per heavy atom. The second kappa shape index (κ2) is 5.20. The average molecular weight is 403 g/mol. The van der Waals surface area contributed by atoms with Gasteiger partial charge in [-0.3, -0.25) is 0 Å². The number of hydrogen-bond acceptors (Lipinski definition) is 4. The smallest absolute Gasteiger partial charge is 0.417 e. The molecule has 1 atom stereocenters. The van der Waals surface area contributed by atoms with Gasteiger partial charge in [-0.15, -0.1) is 0 Å². The van der Waals surface area contributed by atoms with Crippen molar-refractivity contribution in [2.45, 2.75) is 6.18 Å². The van der Waals surface area contributed by atoms with Crippen LogP contribution in [0.3, 0.4) is 0 Å². The van der Waals surface area contributed by atoms with Crippen molar-refractivity contribution in [1.29, 1.82) is 0 Å². The third-order valence-electron chi connectivity index (χ3n) is 2.31. The normalized spacial score (nSPS) is 12.5. The van der Waals surface area contributed by atoms with Crippen molar-refractivity contribution in [3.05, 3.63) is 23.5 Å². The summed E-state index contributed by atoms with van der Waals surface area (Å²) in [4.78, 5) is 15.2. The van der Waals surface area contributed by atoms with Crippen LogP contribution in [0.5, 0.6) is 0 Å². The summed E-state index contributed by atoms with van der Waals surface area (Å²) in [6.45, 7) is 0. The number of methoxy groups -OCH3 is 1. The summed E-state index contributed by atoms with van der Waals surface area (Å²) < 4.78 is 43.8. The summed E-state index contributed by atoms with van der Waals surface area (Å²) in [6.07, 6.45) is -3.70. The van der Waals surface area contributed by atoms with Crippen LogP contribution >= 0.6 is 28.4 Å². The van der Waals surface area contributed by atoms with Crippen molar-refractivity contribution in [3.63, 3.8) is 0 Å². The highest BCUT2D eigenvalue weighted by atomic mass is 127. The SMILES string of the molecule is COC(=O)c1nn(PI)c2ncc(C(F)(F)F)cc12. The van der Waals surface area contributed by atoms with Crippen molar-refractivity contribution in [1.82, 2.24) is 14.5 Å². The number of halogens is 4. The molecule has 0 aliphatic carbocycles. The molecule has 0 fully saturated rings. The molecule has 19 heavy (non-hydrogen) atoms. The third kappa shape index (κ3) is 2.66. The predicted molar refractivity (Wildman–Crippen MR) is 71.6 cm³/mol. The van der Waals surface area contributed by atoms with E-state index in [1.54, 1.807) is 0 Å². The van der Waals surface area contributed by atoms with Crippen LogP contribution in [0.2, 0.25) is 0 Å². The Morgan fingerprint density at radius 3 is 2.74 bits per heavy atom. The molecule has 0 aliphatic heterocycles. The number of hydrogen-bond donors (Lipinski definition) is 0. The second-order valence-electron chi connectivity index (χ2n) is 3.43. The van der Waals surface area contributed by atoms with Crippen LogP contribution in [-0.4, -0.2) is 27.6 Å². The first-order chi connectivity index (χ1) is 8.88. The first-order valence-corrected chi connectivity index (χ1v) is 8.85. The molecular weight excluding hydrogens is 397 g/mol. The van der Waals surface area contributed by atoms with Gasteiger partial charge in [0.1, 0.15) is 0 Å². The molecule has 0 aromatic carbocycles. The topological polar surface area (TPSA) is 57.0 Å². The molecule has 0 saturated carbocycles. The van der Waals surface area contributed by atoms with Gasteiger partial charge in [0.25, 0.3) is 0 Å². The maximum Gasteiger partial charge on any atom is 0.417 e. The number of pyridine rings is 1. The molecule has 2 rings (SSSR count). The van der Waals surface area contributed by atoms with Crippen LogP contribution in [0, 0.1) is 0 Å². The van der Waals surface area contributed by atoms with E-state index >= 15 is 0 Å². The van der Waals surface area contributed by atoms with Crippen molar-refractivity contribution in [3.8, 4) is 0 Å². The lowest BCUT2D eigenvalue weighted by Crippen LogP contribution is -2.06. The van der Waals surface area contributed by atoms with Gasteiger partial charge in [0.15, 0.2) is 11.3 Å². The van der Waals surface area contributed by atoms with E-state index in [4.69, 9.17) is 0 Å². The summed E-state index contributed by atoms with van der Waals surface area (Å²) >= 11 is 1.99. The highest BCUT2D eigenvalue weighted by Gasteiger charge is 2.32. The number of ether oxygens (including phenoxy) is 1. The van der Waals surface area contributed by atoms with Gasteiger partial charge in [0.05, 0.1) is 24.4 Å². The maximum absolute atomic E-state index is 12.6. The molecule has 0 amide bonds. The molecule has 2 aromatic heterocycles. The van der Waals surface area contributed by atoms with Crippen LogP contribution in [0.4, 0.5) is 13.2 Å². The van der Waals surface area contributed by atoms with Gasteiger partial charge >= 0.3 is 12.1 Å². The Balaban J connectivity index is 2.72. The van der Waals surface area contributed by atoms with Gasteiger partial charge in [-0.05, 0) is 28.1 Å². The molecule has 0 spiro atoms. The van der Waals surface area contributed by atoms with E-state index in [9.17, 15) is 18.0 Å². The number of alkyl halides is 3. The quantitative estimate of drug-likeness (QED) is 0.440. The van der Waals surface area contributed by atoms with Crippen LogP contribution in [-0.2, 0) is 10.9 Å². The van der Waals surface area contributed by atoms with E-state index in [2.05, 4.69) is 14.8 Å². The first-order valence-electron chi connectivity index (χ1n) is 4.79. The minimum atomic E-state index is -4.52. The van der Waals surface area contributed by atoms with Gasteiger partial charge in [0, 0.05) is 6.20 Å². The Labute approximate surface area is 119 Å². The van der Waals surface area contributed by atoms with E-state index in [0.29, 0.717) is 0 Å². The minimum Gasteiger partial charge on any atom is -0.464 e. The lowest BCUT2D eigenvalue weighted by molar-refractivity contribution is -0.137. The fourth-order valence-corrected chi connectivity index (χ4v) is 2.87. The highest BCUT2D eigenvalue weighted by molar-refractivity contribution is 14.2. The molecule has 1 unspecified atom stereocenters. The largest absolute Gasteiger partial charge is 0.464 e. The summed E-state index contributed by atoms with van der Waals surface area (Å²) in [5.74, 6) is -0.792. The van der Waals surface area contributed by atoms with Gasteiger partial charge < -0.3 is 4.74 Å². The average Bonchev–Trinajstić information content (AvgIpc) is 2.74. The zero-order valence-electron chi connectivity index (χ0n) is 9.32. The molecule has 102 valence electrons. The summed E-state index contributed by atoms with van der Waals surface area (Å²) in [5, 5.41) is 3.95. The second-order valence-corrected chi connectivity index (χ2v) is 5.47. The third-order valence-corrected chi connectivity index (χ3v) is 4.15. The maximum atomic E-state index is 12.6. The number of carbonyl (C=O) groups excluding carboxylic acids is 1. The van der Waals surface area contributed by atoms with Crippen LogP contribution in [0.1, 0.15) is 16.1 Å². The summed E-state index contributed by atoms with van der Waals surface area (Å²) in [6, 6.07) is 0.856. The van der Waals surface area contributed by atoms with E-state index in [1.807, 2.05) is 22.0 Å². The number of rotatable bonds is 2. The molecule has 0 saturated heterocycles. The van der Waals surface area contributed by atoms with Gasteiger partial charge in [0.2, 0.25) is 0 Å².